The van der Waals surface area contributed by atoms with Crippen molar-refractivity contribution in [2.24, 2.45) is 5.10 Å². The molecule has 2 aliphatic heterocycles. The van der Waals surface area contributed by atoms with E-state index in [1.54, 1.807) is 17.5 Å². The lowest BCUT2D eigenvalue weighted by molar-refractivity contribution is 0.0747. The second-order valence-electron chi connectivity index (χ2n) is 7.36. The summed E-state index contributed by atoms with van der Waals surface area (Å²) in [6.07, 6.45) is 2.79. The lowest BCUT2D eigenvalue weighted by Gasteiger charge is -2.34. The van der Waals surface area contributed by atoms with Crippen molar-refractivity contribution in [3.05, 3.63) is 48.2 Å². The van der Waals surface area contributed by atoms with Crippen molar-refractivity contribution in [2.75, 3.05) is 42.6 Å². The summed E-state index contributed by atoms with van der Waals surface area (Å²) in [5, 5.41) is 7.49. The first-order chi connectivity index (χ1) is 14.2. The zero-order chi connectivity index (χ0) is 19.8. The fourth-order valence-corrected chi connectivity index (χ4v) is 4.67. The van der Waals surface area contributed by atoms with Crippen molar-refractivity contribution in [1.82, 2.24) is 14.9 Å². The predicted molar refractivity (Wildman–Crippen MR) is 117 cm³/mol. The van der Waals surface area contributed by atoms with Crippen LogP contribution in [0.2, 0.25) is 0 Å². The Morgan fingerprint density at radius 2 is 1.83 bits per heavy atom. The number of benzene rings is 1. The molecule has 1 aromatic carbocycles. The summed E-state index contributed by atoms with van der Waals surface area (Å²) in [6, 6.07) is 11.7. The molecule has 0 spiro atoms. The SMILES string of the molecule is CC1=NN(c2ccc(C(=O)N3CCN(c4nc5cccnc5s4)CC3)cc2)CC1. The molecule has 0 atom stereocenters. The number of pyridine rings is 1. The Hall–Kier alpha value is -3.00. The summed E-state index contributed by atoms with van der Waals surface area (Å²) < 4.78 is 0. The maximum atomic E-state index is 12.9. The van der Waals surface area contributed by atoms with Gasteiger partial charge in [-0.25, -0.2) is 9.97 Å². The molecule has 7 nitrogen and oxygen atoms in total. The first kappa shape index (κ1) is 18.1. The first-order valence-corrected chi connectivity index (χ1v) is 10.7. The van der Waals surface area contributed by atoms with Crippen LogP contribution < -0.4 is 9.91 Å². The zero-order valence-electron chi connectivity index (χ0n) is 16.3. The molecule has 5 rings (SSSR count). The number of thiazole rings is 1. The maximum absolute atomic E-state index is 12.9. The normalized spacial score (nSPS) is 17.1. The minimum absolute atomic E-state index is 0.0864. The molecule has 148 valence electrons. The van der Waals surface area contributed by atoms with Crippen LogP contribution in [0.15, 0.2) is 47.7 Å². The summed E-state index contributed by atoms with van der Waals surface area (Å²) in [4.78, 5) is 27.1. The molecule has 1 amide bonds. The van der Waals surface area contributed by atoms with Crippen LogP contribution in [0, 0.1) is 0 Å². The van der Waals surface area contributed by atoms with Crippen LogP contribution in [0.4, 0.5) is 10.8 Å². The predicted octanol–water partition coefficient (Wildman–Crippen LogP) is 3.24. The van der Waals surface area contributed by atoms with E-state index in [0.29, 0.717) is 13.1 Å². The highest BCUT2D eigenvalue weighted by molar-refractivity contribution is 7.21. The third kappa shape index (κ3) is 3.55. The Bertz CT molecular complexity index is 1040. The van der Waals surface area contributed by atoms with Gasteiger partial charge in [0.25, 0.3) is 5.91 Å². The summed E-state index contributed by atoms with van der Waals surface area (Å²) >= 11 is 1.61. The van der Waals surface area contributed by atoms with Crippen molar-refractivity contribution < 1.29 is 4.79 Å². The molecular formula is C21H22N6OS. The van der Waals surface area contributed by atoms with E-state index < -0.39 is 0 Å². The van der Waals surface area contributed by atoms with E-state index in [9.17, 15) is 4.79 Å². The van der Waals surface area contributed by atoms with Crippen molar-refractivity contribution in [1.29, 1.82) is 0 Å². The van der Waals surface area contributed by atoms with Gasteiger partial charge in [0, 0.05) is 56.6 Å². The second-order valence-corrected chi connectivity index (χ2v) is 8.31. The van der Waals surface area contributed by atoms with Gasteiger partial charge >= 0.3 is 0 Å². The van der Waals surface area contributed by atoms with E-state index in [-0.39, 0.29) is 5.91 Å². The standard InChI is InChI=1S/C21H22N6OS/c1-15-8-10-27(24-15)17-6-4-16(5-7-17)20(28)25-11-13-26(14-12-25)21-23-18-3-2-9-22-19(18)29-21/h2-7,9H,8,10-14H2,1H3. The number of hydrogen-bond acceptors (Lipinski definition) is 7. The summed E-state index contributed by atoms with van der Waals surface area (Å²) in [5.41, 5.74) is 3.84. The van der Waals surface area contributed by atoms with Gasteiger partial charge in [0.1, 0.15) is 10.3 Å². The van der Waals surface area contributed by atoms with Crippen LogP contribution in [0.25, 0.3) is 10.3 Å². The molecule has 2 aliphatic rings. The van der Waals surface area contributed by atoms with Gasteiger partial charge in [0.15, 0.2) is 5.13 Å². The van der Waals surface area contributed by atoms with Gasteiger partial charge in [-0.1, -0.05) is 11.3 Å². The molecule has 4 heterocycles. The van der Waals surface area contributed by atoms with Gasteiger partial charge in [-0.05, 0) is 43.3 Å². The number of hydrogen-bond donors (Lipinski definition) is 0. The molecule has 0 unspecified atom stereocenters. The highest BCUT2D eigenvalue weighted by Gasteiger charge is 2.24. The molecule has 0 aliphatic carbocycles. The van der Waals surface area contributed by atoms with Crippen LogP contribution >= 0.6 is 11.3 Å². The largest absolute Gasteiger partial charge is 0.344 e. The molecule has 3 aromatic rings. The van der Waals surface area contributed by atoms with Crippen molar-refractivity contribution >= 4 is 44.1 Å². The minimum atomic E-state index is 0.0864. The molecular weight excluding hydrogens is 384 g/mol. The number of anilines is 2. The quantitative estimate of drug-likeness (QED) is 0.668. The van der Waals surface area contributed by atoms with Gasteiger partial charge in [-0.3, -0.25) is 9.80 Å². The Morgan fingerprint density at radius 1 is 1.03 bits per heavy atom. The molecule has 8 heteroatoms. The van der Waals surface area contributed by atoms with E-state index in [4.69, 9.17) is 0 Å². The van der Waals surface area contributed by atoms with Gasteiger partial charge in [-0.15, -0.1) is 0 Å². The number of hydrazone groups is 1. The van der Waals surface area contributed by atoms with E-state index in [1.807, 2.05) is 53.2 Å². The van der Waals surface area contributed by atoms with Crippen LogP contribution in [0.1, 0.15) is 23.7 Å². The smallest absolute Gasteiger partial charge is 0.253 e. The van der Waals surface area contributed by atoms with Crippen LogP contribution in [-0.4, -0.2) is 59.2 Å². The number of aromatic nitrogens is 2. The van der Waals surface area contributed by atoms with Gasteiger partial charge in [0.05, 0.1) is 5.69 Å². The molecule has 0 radical (unpaired) electrons. The first-order valence-electron chi connectivity index (χ1n) is 9.85. The van der Waals surface area contributed by atoms with E-state index in [0.717, 1.165) is 58.5 Å². The molecule has 0 saturated carbocycles. The van der Waals surface area contributed by atoms with Gasteiger partial charge in [0.2, 0.25) is 0 Å². The number of carbonyl (C=O) groups excluding carboxylic acids is 1. The van der Waals surface area contributed by atoms with Crippen LogP contribution in [-0.2, 0) is 0 Å². The number of fused-ring (bicyclic) bond motifs is 1. The van der Waals surface area contributed by atoms with E-state index in [2.05, 4.69) is 20.0 Å². The second kappa shape index (κ2) is 7.44. The number of rotatable bonds is 3. The lowest BCUT2D eigenvalue weighted by atomic mass is 10.1. The number of amides is 1. The third-order valence-corrected chi connectivity index (χ3v) is 6.42. The van der Waals surface area contributed by atoms with Gasteiger partial charge in [-0.2, -0.15) is 5.10 Å². The number of piperazine rings is 1. The third-order valence-electron chi connectivity index (χ3n) is 5.38. The highest BCUT2D eigenvalue weighted by atomic mass is 32.1. The highest BCUT2D eigenvalue weighted by Crippen LogP contribution is 2.28. The average molecular weight is 407 g/mol. The summed E-state index contributed by atoms with van der Waals surface area (Å²) in [6.45, 7) is 5.90. The molecule has 0 bridgehead atoms. The fourth-order valence-electron chi connectivity index (χ4n) is 3.71. The summed E-state index contributed by atoms with van der Waals surface area (Å²) in [5.74, 6) is 0.0864. The van der Waals surface area contributed by atoms with E-state index >= 15 is 0 Å². The molecule has 1 fully saturated rings. The Balaban J connectivity index is 1.23. The van der Waals surface area contributed by atoms with Crippen molar-refractivity contribution in [3.63, 3.8) is 0 Å². The average Bonchev–Trinajstić information content (AvgIpc) is 3.40. The Kier molecular flexibility index (Phi) is 4.63. The van der Waals surface area contributed by atoms with Crippen molar-refractivity contribution in [3.8, 4) is 0 Å². The molecule has 2 aromatic heterocycles. The van der Waals surface area contributed by atoms with E-state index in [1.165, 1.54) is 0 Å². The monoisotopic (exact) mass is 406 g/mol. The topological polar surface area (TPSA) is 64.9 Å². The number of carbonyl (C=O) groups is 1. The molecule has 1 saturated heterocycles. The zero-order valence-corrected chi connectivity index (χ0v) is 17.1. The fraction of sp³-hybridized carbons (Fsp3) is 0.333. The Morgan fingerprint density at radius 3 is 2.52 bits per heavy atom. The summed E-state index contributed by atoms with van der Waals surface area (Å²) in [7, 11) is 0. The van der Waals surface area contributed by atoms with Crippen molar-refractivity contribution in [2.45, 2.75) is 13.3 Å². The lowest BCUT2D eigenvalue weighted by Crippen LogP contribution is -2.48. The molecule has 29 heavy (non-hydrogen) atoms. The Labute approximate surface area is 173 Å². The van der Waals surface area contributed by atoms with Gasteiger partial charge < -0.3 is 9.80 Å². The maximum Gasteiger partial charge on any atom is 0.253 e. The number of nitrogens with zero attached hydrogens (tertiary/aromatic N) is 6. The van der Waals surface area contributed by atoms with Crippen LogP contribution in [0.5, 0.6) is 0 Å². The van der Waals surface area contributed by atoms with Crippen LogP contribution in [0.3, 0.4) is 0 Å². The molecule has 0 N–H and O–H groups in total. The minimum Gasteiger partial charge on any atom is -0.344 e.